The van der Waals surface area contributed by atoms with Crippen molar-refractivity contribution < 1.29 is 14.0 Å². The highest BCUT2D eigenvalue weighted by molar-refractivity contribution is 5.68. The summed E-state index contributed by atoms with van der Waals surface area (Å²) in [5, 5.41) is 0. The third kappa shape index (κ3) is 4.52. The van der Waals surface area contributed by atoms with E-state index in [0.717, 1.165) is 32.6 Å². The number of aryl methyl sites for hydroxylation is 1. The first-order valence-electron chi connectivity index (χ1n) is 7.86. The van der Waals surface area contributed by atoms with Gasteiger partial charge in [0, 0.05) is 12.1 Å². The summed E-state index contributed by atoms with van der Waals surface area (Å²) < 4.78 is 13.3. The average Bonchev–Trinajstić information content (AvgIpc) is 2.61. The van der Waals surface area contributed by atoms with Gasteiger partial charge in [0.05, 0.1) is 19.6 Å². The Morgan fingerprint density at radius 1 is 0.909 bits per heavy atom. The van der Waals surface area contributed by atoms with E-state index in [9.17, 15) is 0 Å². The topological polar surface area (TPSA) is 22.3 Å². The molecular weight excluding hydrogens is 274 g/mol. The van der Waals surface area contributed by atoms with Crippen LogP contribution in [-0.4, -0.2) is 19.5 Å². The number of ether oxygens (including phenoxy) is 2. The summed E-state index contributed by atoms with van der Waals surface area (Å²) in [5.41, 5.74) is 2.41. The lowest BCUT2D eigenvalue weighted by Gasteiger charge is -2.21. The monoisotopic (exact) mass is 296 g/mol. The fraction of sp³-hybridized carbons (Fsp3) is 0.316. The number of benzene rings is 1. The summed E-state index contributed by atoms with van der Waals surface area (Å²) in [5.74, 6) is 0. The minimum absolute atomic E-state index is 0.0427. The van der Waals surface area contributed by atoms with E-state index in [1.54, 1.807) is 0 Å². The highest BCUT2D eigenvalue weighted by Gasteiger charge is 2.15. The molecule has 0 bridgehead atoms. The van der Waals surface area contributed by atoms with Crippen molar-refractivity contribution in [1.29, 1.82) is 0 Å². The van der Waals surface area contributed by atoms with E-state index in [0.29, 0.717) is 0 Å². The number of nitrogens with zero attached hydrogens (tertiary/aromatic N) is 1. The van der Waals surface area contributed by atoms with Crippen molar-refractivity contribution in [2.45, 2.75) is 25.7 Å². The van der Waals surface area contributed by atoms with Crippen LogP contribution in [0.25, 0.3) is 12.2 Å². The smallest absolute Gasteiger partial charge is 0.169 e. The Hall–Kier alpha value is -1.97. The zero-order valence-corrected chi connectivity index (χ0v) is 12.7. The molecule has 22 heavy (non-hydrogen) atoms. The fourth-order valence-electron chi connectivity index (χ4n) is 2.44. The molecule has 0 radical (unpaired) electrons. The molecule has 1 aromatic carbocycles. The maximum Gasteiger partial charge on any atom is 0.169 e. The van der Waals surface area contributed by atoms with E-state index in [-0.39, 0.29) is 6.29 Å². The van der Waals surface area contributed by atoms with Gasteiger partial charge in [0.1, 0.15) is 0 Å². The van der Waals surface area contributed by atoms with Crippen molar-refractivity contribution in [2.24, 2.45) is 0 Å². The second-order valence-corrected chi connectivity index (χ2v) is 5.43. The first-order chi connectivity index (χ1) is 10.9. The van der Waals surface area contributed by atoms with Crippen LogP contribution in [0.2, 0.25) is 0 Å². The van der Waals surface area contributed by atoms with Crippen molar-refractivity contribution in [2.75, 3.05) is 13.2 Å². The highest BCUT2D eigenvalue weighted by atomic mass is 16.7. The lowest BCUT2D eigenvalue weighted by atomic mass is 10.1. The number of aromatic nitrogens is 1. The molecule has 0 atom stereocenters. The molecule has 2 heterocycles. The molecule has 0 saturated carbocycles. The lowest BCUT2D eigenvalue weighted by molar-refractivity contribution is -0.699. The summed E-state index contributed by atoms with van der Waals surface area (Å²) in [6.07, 6.45) is 10.3. The van der Waals surface area contributed by atoms with Crippen LogP contribution in [0.4, 0.5) is 0 Å². The van der Waals surface area contributed by atoms with Crippen molar-refractivity contribution >= 4 is 12.2 Å². The third-order valence-electron chi connectivity index (χ3n) is 3.70. The van der Waals surface area contributed by atoms with Crippen molar-refractivity contribution in [3.63, 3.8) is 0 Å². The molecule has 1 saturated heterocycles. The van der Waals surface area contributed by atoms with Crippen LogP contribution in [-0.2, 0) is 16.0 Å². The average molecular weight is 296 g/mol. The van der Waals surface area contributed by atoms with Crippen LogP contribution in [0.5, 0.6) is 0 Å². The Balaban J connectivity index is 1.52. The van der Waals surface area contributed by atoms with Gasteiger partial charge in [-0.05, 0) is 17.5 Å². The SMILES string of the molecule is C(=Cc1cc[n+](CCC2OCCCO2)cc1)c1ccccc1. The Labute approximate surface area is 131 Å². The second-order valence-electron chi connectivity index (χ2n) is 5.43. The molecule has 0 aliphatic carbocycles. The van der Waals surface area contributed by atoms with Crippen molar-refractivity contribution in [3.8, 4) is 0 Å². The molecule has 0 amide bonds. The number of hydrogen-bond acceptors (Lipinski definition) is 2. The van der Waals surface area contributed by atoms with Gasteiger partial charge < -0.3 is 9.47 Å². The van der Waals surface area contributed by atoms with E-state index < -0.39 is 0 Å². The van der Waals surface area contributed by atoms with E-state index in [1.807, 2.05) is 18.2 Å². The Bertz CT molecular complexity index is 587. The molecule has 0 unspecified atom stereocenters. The predicted octanol–water partition coefficient (Wildman–Crippen LogP) is 3.30. The van der Waals surface area contributed by atoms with E-state index in [1.165, 1.54) is 11.1 Å². The molecule has 3 rings (SSSR count). The third-order valence-corrected chi connectivity index (χ3v) is 3.70. The normalized spacial score (nSPS) is 16.2. The van der Waals surface area contributed by atoms with Gasteiger partial charge >= 0.3 is 0 Å². The molecule has 3 heteroatoms. The first-order valence-corrected chi connectivity index (χ1v) is 7.86. The quantitative estimate of drug-likeness (QED) is 0.790. The van der Waals surface area contributed by atoms with Crippen LogP contribution in [0.1, 0.15) is 24.0 Å². The molecule has 3 nitrogen and oxygen atoms in total. The molecule has 1 fully saturated rings. The Morgan fingerprint density at radius 2 is 1.55 bits per heavy atom. The van der Waals surface area contributed by atoms with Crippen LogP contribution < -0.4 is 4.57 Å². The molecule has 1 aliphatic rings. The standard InChI is InChI=1S/C19H22NO2/c1-2-5-17(6-3-1)7-8-18-9-12-20(13-10-18)14-11-19-21-15-4-16-22-19/h1-3,5-10,12-13,19H,4,11,14-16H2/q+1. The summed E-state index contributed by atoms with van der Waals surface area (Å²) in [7, 11) is 0. The molecule has 0 N–H and O–H groups in total. The summed E-state index contributed by atoms with van der Waals surface area (Å²) in [6.45, 7) is 2.55. The minimum Gasteiger partial charge on any atom is -0.352 e. The van der Waals surface area contributed by atoms with Gasteiger partial charge in [-0.2, -0.15) is 0 Å². The first kappa shape index (κ1) is 14.9. The van der Waals surface area contributed by atoms with Crippen LogP contribution in [0, 0.1) is 0 Å². The van der Waals surface area contributed by atoms with Gasteiger partial charge in [0.25, 0.3) is 0 Å². The van der Waals surface area contributed by atoms with Gasteiger partial charge in [0.2, 0.25) is 0 Å². The second kappa shape index (κ2) is 7.87. The van der Waals surface area contributed by atoms with E-state index >= 15 is 0 Å². The lowest BCUT2D eigenvalue weighted by Crippen LogP contribution is -2.36. The molecule has 1 aromatic heterocycles. The zero-order valence-electron chi connectivity index (χ0n) is 12.7. The minimum atomic E-state index is -0.0427. The molecule has 0 spiro atoms. The van der Waals surface area contributed by atoms with Gasteiger partial charge in [-0.3, -0.25) is 0 Å². The predicted molar refractivity (Wildman–Crippen MR) is 86.9 cm³/mol. The number of pyridine rings is 1. The van der Waals surface area contributed by atoms with E-state index in [4.69, 9.17) is 9.47 Å². The zero-order chi connectivity index (χ0) is 15.0. The Kier molecular flexibility index (Phi) is 5.35. The molecule has 2 aromatic rings. The summed E-state index contributed by atoms with van der Waals surface area (Å²) >= 11 is 0. The molecule has 114 valence electrons. The number of hydrogen-bond donors (Lipinski definition) is 0. The van der Waals surface area contributed by atoms with Gasteiger partial charge in [-0.15, -0.1) is 0 Å². The summed E-state index contributed by atoms with van der Waals surface area (Å²) in [6, 6.07) is 14.6. The largest absolute Gasteiger partial charge is 0.352 e. The molecule has 1 aliphatic heterocycles. The van der Waals surface area contributed by atoms with Crippen LogP contribution in [0.3, 0.4) is 0 Å². The summed E-state index contributed by atoms with van der Waals surface area (Å²) in [4.78, 5) is 0. The maximum absolute atomic E-state index is 5.56. The fourth-order valence-corrected chi connectivity index (χ4v) is 2.44. The maximum atomic E-state index is 5.56. The van der Waals surface area contributed by atoms with Crippen LogP contribution in [0.15, 0.2) is 54.9 Å². The van der Waals surface area contributed by atoms with Crippen LogP contribution >= 0.6 is 0 Å². The number of rotatable bonds is 5. The Morgan fingerprint density at radius 3 is 2.23 bits per heavy atom. The van der Waals surface area contributed by atoms with Gasteiger partial charge in [0.15, 0.2) is 25.2 Å². The highest BCUT2D eigenvalue weighted by Crippen LogP contribution is 2.09. The van der Waals surface area contributed by atoms with Gasteiger partial charge in [-0.1, -0.05) is 42.5 Å². The van der Waals surface area contributed by atoms with Gasteiger partial charge in [-0.25, -0.2) is 4.57 Å². The van der Waals surface area contributed by atoms with Crippen molar-refractivity contribution in [1.82, 2.24) is 0 Å². The van der Waals surface area contributed by atoms with E-state index in [2.05, 4.69) is 53.4 Å². The van der Waals surface area contributed by atoms with Crippen molar-refractivity contribution in [3.05, 3.63) is 66.0 Å². The molecular formula is C19H22NO2+.